The van der Waals surface area contributed by atoms with Crippen molar-refractivity contribution in [3.8, 4) is 11.3 Å². The Bertz CT molecular complexity index is 3620. The lowest BCUT2D eigenvalue weighted by Crippen LogP contribution is -2.57. The molecule has 0 radical (unpaired) electrons. The van der Waals surface area contributed by atoms with E-state index in [2.05, 4.69) is 20.2 Å². The largest absolute Gasteiger partial charge is 0.446 e. The van der Waals surface area contributed by atoms with Gasteiger partial charge in [-0.15, -0.1) is 14.3 Å². The number of pyridine rings is 1. The van der Waals surface area contributed by atoms with E-state index in [0.29, 0.717) is 69.7 Å². The van der Waals surface area contributed by atoms with Crippen molar-refractivity contribution in [2.75, 3.05) is 56.6 Å². The number of rotatable bonds is 10. The first-order valence-electron chi connectivity index (χ1n) is 22.4. The molecule has 0 saturated carbocycles. The zero-order valence-electron chi connectivity index (χ0n) is 38.7. The van der Waals surface area contributed by atoms with Crippen LogP contribution in [0.2, 0.25) is 5.02 Å². The molecule has 10 rings (SSSR count). The maximum Gasteiger partial charge on any atom is 0.446 e. The Morgan fingerprint density at radius 2 is 1.77 bits per heavy atom. The second-order valence-electron chi connectivity index (χ2n) is 17.4. The minimum Gasteiger partial charge on any atom is -0.358 e. The van der Waals surface area contributed by atoms with Crippen molar-refractivity contribution in [2.24, 2.45) is 0 Å². The van der Waals surface area contributed by atoms with E-state index in [1.807, 2.05) is 56.1 Å². The first kappa shape index (κ1) is 46.0. The number of H-pyrrole nitrogens is 1. The van der Waals surface area contributed by atoms with Crippen molar-refractivity contribution >= 4 is 79.1 Å². The molecule has 2 aliphatic heterocycles. The van der Waals surface area contributed by atoms with Crippen molar-refractivity contribution in [3.05, 3.63) is 165 Å². The quantitative estimate of drug-likeness (QED) is 0.115. The third kappa shape index (κ3) is 8.12. The van der Waals surface area contributed by atoms with Crippen LogP contribution in [0, 0.1) is 19.7 Å². The highest BCUT2D eigenvalue weighted by Crippen LogP contribution is 2.40. The number of nitrogens with one attached hydrogen (secondary N) is 2. The van der Waals surface area contributed by atoms with Gasteiger partial charge in [0, 0.05) is 85.8 Å². The number of sulfonamides is 1. The van der Waals surface area contributed by atoms with E-state index in [0.717, 1.165) is 33.9 Å². The van der Waals surface area contributed by atoms with Crippen LogP contribution < -0.4 is 19.3 Å². The smallest absolute Gasteiger partial charge is 0.358 e. The molecular formula is C51H46ClFN11O5S+. The van der Waals surface area contributed by atoms with Gasteiger partial charge in [0.2, 0.25) is 0 Å². The highest BCUT2D eigenvalue weighted by Gasteiger charge is 2.40. The maximum atomic E-state index is 15.7. The molecule has 19 heteroatoms. The summed E-state index contributed by atoms with van der Waals surface area (Å²) in [5.41, 5.74) is 5.95. The lowest BCUT2D eigenvalue weighted by molar-refractivity contribution is -0.653. The molecule has 0 aliphatic carbocycles. The number of hydrogen-bond acceptors (Lipinski definition) is 9. The number of likely N-dealkylation sites (N-methyl/N-ethyl adjacent to an activating group) is 1. The standard InChI is InChI=1S/C51H45ClFN11O5S/c1-30-44(57-31(2)47(30)50(67)61-20-18-59(4)19-21-61)27-41-40-26-38(70(68,69)60(5)36-10-6-9-35(52)25-36)13-16-46(40)64(49(41)66)62-29-45(34-12-14-39(42(53)24-34)48(65)54-3)58-63-37(28-56-51(62)63)23-32-11-15-43-33(22-32)8-7-17-55-43/h6-17,22,24-29H,18-21,23H2,1-5H3,(H-,54,57,65,66,67)/p+1. The first-order chi connectivity index (χ1) is 33.6. The molecule has 0 spiro atoms. The van der Waals surface area contributed by atoms with Gasteiger partial charge in [-0.05, 0) is 105 Å². The number of amides is 3. The Morgan fingerprint density at radius 3 is 2.53 bits per heavy atom. The molecule has 1 saturated heterocycles. The van der Waals surface area contributed by atoms with Crippen LogP contribution in [0.25, 0.3) is 39.6 Å². The second-order valence-corrected chi connectivity index (χ2v) is 19.8. The molecule has 4 aromatic carbocycles. The number of fused-ring (bicyclic) bond motifs is 3. The zero-order valence-corrected chi connectivity index (χ0v) is 40.3. The predicted octanol–water partition coefficient (Wildman–Crippen LogP) is 6.48. The van der Waals surface area contributed by atoms with E-state index in [1.54, 1.807) is 59.5 Å². The fourth-order valence-corrected chi connectivity index (χ4v) is 10.5. The number of carbonyl (C=O) groups is 3. The van der Waals surface area contributed by atoms with Crippen LogP contribution in [0.1, 0.15) is 54.5 Å². The molecule has 2 N–H and O–H groups in total. The fraction of sp³-hybridized carbons (Fsp3) is 0.196. The molecule has 354 valence electrons. The van der Waals surface area contributed by atoms with Crippen LogP contribution in [0.5, 0.6) is 0 Å². The average Bonchev–Trinajstić information content (AvgIpc) is 3.99. The van der Waals surface area contributed by atoms with E-state index < -0.39 is 27.7 Å². The summed E-state index contributed by atoms with van der Waals surface area (Å²) in [6, 6.07) is 24.8. The predicted molar refractivity (Wildman–Crippen MR) is 264 cm³/mol. The van der Waals surface area contributed by atoms with Gasteiger partial charge in [-0.1, -0.05) is 40.9 Å². The summed E-state index contributed by atoms with van der Waals surface area (Å²) in [4.78, 5) is 58.5. The van der Waals surface area contributed by atoms with Crippen molar-refractivity contribution in [1.82, 2.24) is 39.7 Å². The number of hydrogen-bond donors (Lipinski definition) is 2. The molecule has 1 fully saturated rings. The number of aromatic amines is 1. The topological polar surface area (TPSA) is 173 Å². The zero-order chi connectivity index (χ0) is 49.2. The highest BCUT2D eigenvalue weighted by atomic mass is 35.5. The van der Waals surface area contributed by atoms with Crippen LogP contribution in [0.4, 0.5) is 15.8 Å². The van der Waals surface area contributed by atoms with Crippen molar-refractivity contribution in [2.45, 2.75) is 25.2 Å². The number of halogens is 2. The van der Waals surface area contributed by atoms with Crippen molar-refractivity contribution < 1.29 is 31.9 Å². The minimum absolute atomic E-state index is 0.106. The molecule has 8 aromatic rings. The Balaban J connectivity index is 1.15. The van der Waals surface area contributed by atoms with Gasteiger partial charge in [-0.3, -0.25) is 23.7 Å². The van der Waals surface area contributed by atoms with Gasteiger partial charge in [-0.25, -0.2) is 12.8 Å². The van der Waals surface area contributed by atoms with Crippen LogP contribution >= 0.6 is 11.6 Å². The van der Waals surface area contributed by atoms with Gasteiger partial charge >= 0.3 is 5.78 Å². The van der Waals surface area contributed by atoms with E-state index in [4.69, 9.17) is 21.7 Å². The molecule has 6 heterocycles. The third-order valence-electron chi connectivity index (χ3n) is 13.0. The van der Waals surface area contributed by atoms with Crippen LogP contribution in [0.15, 0.2) is 114 Å². The lowest BCUT2D eigenvalue weighted by atomic mass is 10.0. The summed E-state index contributed by atoms with van der Waals surface area (Å²) in [5.74, 6) is -1.88. The molecule has 0 unspecified atom stereocenters. The Hall–Kier alpha value is -7.80. The Kier molecular flexibility index (Phi) is 11.8. The minimum atomic E-state index is -4.24. The van der Waals surface area contributed by atoms with Crippen molar-refractivity contribution in [1.29, 1.82) is 0 Å². The van der Waals surface area contributed by atoms with Gasteiger partial charge < -0.3 is 20.1 Å². The van der Waals surface area contributed by atoms with E-state index in [-0.39, 0.29) is 39.0 Å². The summed E-state index contributed by atoms with van der Waals surface area (Å²) in [6.45, 7) is 6.24. The molecule has 0 atom stereocenters. The Morgan fingerprint density at radius 1 is 0.971 bits per heavy atom. The number of aryl methyl sites for hydroxylation is 1. The SMILES string of the molecule is CNC(=O)c1ccc(-c2c[n+](N3C(=O)C(=Cc4[nH]c(C)c(C(=O)N5CCN(C)CC5)c4C)c4cc(S(=O)(=O)N(C)c5cccc(Cl)c5)ccc43)c3ncc(Cc4ccc5ncccc5c4)n3n2)cc1F. The van der Waals surface area contributed by atoms with Crippen molar-refractivity contribution in [3.63, 3.8) is 0 Å². The van der Waals surface area contributed by atoms with E-state index in [1.165, 1.54) is 54.1 Å². The average molecular weight is 980 g/mol. The fourth-order valence-electron chi connectivity index (χ4n) is 9.07. The number of piperazine rings is 1. The maximum absolute atomic E-state index is 15.7. The number of benzene rings is 4. The summed E-state index contributed by atoms with van der Waals surface area (Å²) >= 11 is 6.28. The number of imidazole rings is 1. The number of nitrogens with zero attached hydrogens (tertiary/aromatic N) is 9. The first-order valence-corrected chi connectivity index (χ1v) is 24.2. The molecule has 16 nitrogen and oxygen atoms in total. The summed E-state index contributed by atoms with van der Waals surface area (Å²) in [7, 11) is 0.608. The lowest BCUT2D eigenvalue weighted by Gasteiger charge is -2.32. The number of carbonyl (C=O) groups excluding carboxylic acids is 3. The molecule has 4 aromatic heterocycles. The van der Waals surface area contributed by atoms with E-state index >= 15 is 9.18 Å². The molecule has 0 bridgehead atoms. The summed E-state index contributed by atoms with van der Waals surface area (Å²) in [6.07, 6.45) is 6.91. The van der Waals surface area contributed by atoms with Crippen LogP contribution in [0.3, 0.4) is 0 Å². The molecule has 70 heavy (non-hydrogen) atoms. The highest BCUT2D eigenvalue weighted by molar-refractivity contribution is 7.92. The normalized spacial score (nSPS) is 14.8. The van der Waals surface area contributed by atoms with Gasteiger partial charge in [0.1, 0.15) is 29.6 Å². The van der Waals surface area contributed by atoms with Gasteiger partial charge in [-0.2, -0.15) is 5.01 Å². The third-order valence-corrected chi connectivity index (χ3v) is 15.0. The number of aromatic nitrogens is 6. The summed E-state index contributed by atoms with van der Waals surface area (Å²) < 4.78 is 48.8. The Labute approximate surface area is 407 Å². The van der Waals surface area contributed by atoms with Crippen LogP contribution in [-0.2, 0) is 21.2 Å². The molecular weight excluding hydrogens is 933 g/mol. The molecule has 3 amide bonds. The number of anilines is 2. The van der Waals surface area contributed by atoms with Gasteiger partial charge in [0.25, 0.3) is 27.7 Å². The molecule has 2 aliphatic rings. The monoisotopic (exact) mass is 978 g/mol. The van der Waals surface area contributed by atoms with Gasteiger partial charge in [0.05, 0.1) is 38.5 Å². The second kappa shape index (κ2) is 17.9. The van der Waals surface area contributed by atoms with Gasteiger partial charge in [0.15, 0.2) is 0 Å². The summed E-state index contributed by atoms with van der Waals surface area (Å²) in [5, 5.41) is 10.1. The van der Waals surface area contributed by atoms with Crippen LogP contribution in [-0.4, -0.2) is 108 Å². The van der Waals surface area contributed by atoms with E-state index in [9.17, 15) is 18.0 Å².